The van der Waals surface area contributed by atoms with Crippen molar-refractivity contribution in [3.63, 3.8) is 0 Å². The first-order valence-electron chi connectivity index (χ1n) is 7.37. The zero-order valence-corrected chi connectivity index (χ0v) is 16.1. The van der Waals surface area contributed by atoms with Gasteiger partial charge in [0.25, 0.3) is 15.3 Å². The summed E-state index contributed by atoms with van der Waals surface area (Å²) in [5.74, 6) is 0.0633. The van der Waals surface area contributed by atoms with E-state index in [9.17, 15) is 8.42 Å². The van der Waals surface area contributed by atoms with E-state index in [0.29, 0.717) is 22.4 Å². The van der Waals surface area contributed by atoms with Crippen LogP contribution >= 0.6 is 23.4 Å². The van der Waals surface area contributed by atoms with Gasteiger partial charge in [0.2, 0.25) is 0 Å². The summed E-state index contributed by atoms with van der Waals surface area (Å²) in [5, 5.41) is 0.793. The first-order chi connectivity index (χ1) is 12.0. The summed E-state index contributed by atoms with van der Waals surface area (Å²) in [6.45, 7) is 2.25. The molecule has 0 aromatic heterocycles. The van der Waals surface area contributed by atoms with E-state index in [1.54, 1.807) is 30.5 Å². The molecule has 0 aliphatic rings. The lowest BCUT2D eigenvalue weighted by atomic mass is 10.2. The Labute approximate surface area is 156 Å². The Morgan fingerprint density at radius 2 is 1.76 bits per heavy atom. The van der Waals surface area contributed by atoms with Gasteiger partial charge in [-0.25, -0.2) is 0 Å². The van der Waals surface area contributed by atoms with Crippen LogP contribution in [0, 0.1) is 0 Å². The minimum Gasteiger partial charge on any atom is -0.473 e. The van der Waals surface area contributed by atoms with Crippen LogP contribution in [0.4, 0.5) is 0 Å². The van der Waals surface area contributed by atoms with Crippen molar-refractivity contribution in [2.24, 2.45) is 9.39 Å². The van der Waals surface area contributed by atoms with Crippen molar-refractivity contribution in [2.45, 2.75) is 11.8 Å². The molecule has 0 bridgehead atoms. The number of hydrogen-bond acceptors (Lipinski definition) is 4. The molecular formula is C17H17ClN2O3S2. The molecule has 0 saturated heterocycles. The Kier molecular flexibility index (Phi) is 7.04. The monoisotopic (exact) mass is 396 g/mol. The van der Waals surface area contributed by atoms with Gasteiger partial charge >= 0.3 is 0 Å². The summed E-state index contributed by atoms with van der Waals surface area (Å²) in [6, 6.07) is 14.7. The predicted octanol–water partition coefficient (Wildman–Crippen LogP) is 4.23. The smallest absolute Gasteiger partial charge is 0.284 e. The van der Waals surface area contributed by atoms with Gasteiger partial charge in [-0.2, -0.15) is 13.4 Å². The summed E-state index contributed by atoms with van der Waals surface area (Å²) in [5.41, 5.74) is 0.575. The Morgan fingerprint density at radius 1 is 1.12 bits per heavy atom. The van der Waals surface area contributed by atoms with Gasteiger partial charge in [-0.3, -0.25) is 0 Å². The summed E-state index contributed by atoms with van der Waals surface area (Å²) in [6.07, 6.45) is 1.80. The highest BCUT2D eigenvalue weighted by molar-refractivity contribution is 8.13. The first kappa shape index (κ1) is 19.5. The Balaban J connectivity index is 2.54. The number of ether oxygens (including phenoxy) is 1. The van der Waals surface area contributed by atoms with E-state index in [1.165, 1.54) is 36.0 Å². The third kappa shape index (κ3) is 5.59. The molecule has 2 aromatic carbocycles. The largest absolute Gasteiger partial charge is 0.473 e. The SMILES string of the molecule is CCOC(=N/C(=N/S(=O)(=O)c1ccc(Cl)cc1)c1ccccc1)SC. The number of benzene rings is 2. The van der Waals surface area contributed by atoms with Crippen LogP contribution < -0.4 is 0 Å². The second-order valence-electron chi connectivity index (χ2n) is 4.72. The highest BCUT2D eigenvalue weighted by atomic mass is 35.5. The molecule has 0 aliphatic heterocycles. The van der Waals surface area contributed by atoms with Crippen LogP contribution in [0.15, 0.2) is 68.9 Å². The highest BCUT2D eigenvalue weighted by Gasteiger charge is 2.16. The predicted molar refractivity (Wildman–Crippen MR) is 104 cm³/mol. The van der Waals surface area contributed by atoms with Gasteiger partial charge < -0.3 is 4.74 Å². The molecule has 2 aromatic rings. The lowest BCUT2D eigenvalue weighted by molar-refractivity contribution is 0.338. The van der Waals surface area contributed by atoms with E-state index in [1.807, 2.05) is 13.0 Å². The minimum absolute atomic E-state index is 0.0441. The number of aliphatic imine (C=N–C) groups is 1. The lowest BCUT2D eigenvalue weighted by Crippen LogP contribution is -2.09. The van der Waals surface area contributed by atoms with Crippen LogP contribution in [0.1, 0.15) is 12.5 Å². The molecule has 8 heteroatoms. The van der Waals surface area contributed by atoms with Gasteiger partial charge in [-0.1, -0.05) is 53.7 Å². The van der Waals surface area contributed by atoms with Crippen molar-refractivity contribution < 1.29 is 13.2 Å². The topological polar surface area (TPSA) is 68.1 Å². The molecule has 5 nitrogen and oxygen atoms in total. The maximum Gasteiger partial charge on any atom is 0.284 e. The van der Waals surface area contributed by atoms with E-state index >= 15 is 0 Å². The van der Waals surface area contributed by atoms with Crippen molar-refractivity contribution in [3.8, 4) is 0 Å². The maximum atomic E-state index is 12.6. The summed E-state index contributed by atoms with van der Waals surface area (Å²) in [7, 11) is -3.94. The van der Waals surface area contributed by atoms with E-state index < -0.39 is 10.0 Å². The number of nitrogens with zero attached hydrogens (tertiary/aromatic N) is 2. The second-order valence-corrected chi connectivity index (χ2v) is 7.52. The molecule has 0 heterocycles. The maximum absolute atomic E-state index is 12.6. The quantitative estimate of drug-likeness (QED) is 0.572. The molecule has 0 spiro atoms. The van der Waals surface area contributed by atoms with Crippen LogP contribution in [0.3, 0.4) is 0 Å². The van der Waals surface area contributed by atoms with Gasteiger partial charge in [0.1, 0.15) is 0 Å². The zero-order valence-electron chi connectivity index (χ0n) is 13.7. The van der Waals surface area contributed by atoms with Crippen LogP contribution in [-0.2, 0) is 14.8 Å². The fourth-order valence-corrected chi connectivity index (χ4v) is 3.34. The van der Waals surface area contributed by atoms with Gasteiger partial charge in [-0.15, -0.1) is 4.40 Å². The molecule has 0 atom stereocenters. The number of sulfonamides is 1. The van der Waals surface area contributed by atoms with Crippen molar-refractivity contribution in [1.82, 2.24) is 0 Å². The number of thioether (sulfide) groups is 1. The van der Waals surface area contributed by atoms with Gasteiger partial charge in [0, 0.05) is 10.6 Å². The Hall–Kier alpha value is -1.83. The normalized spacial score (nSPS) is 12.9. The van der Waals surface area contributed by atoms with E-state index in [0.717, 1.165) is 0 Å². The highest BCUT2D eigenvalue weighted by Crippen LogP contribution is 2.18. The standard InChI is InChI=1S/C17H17ClN2O3S2/c1-3-23-17(24-2)19-16(13-7-5-4-6-8-13)20-25(21,22)15-11-9-14(18)10-12-15/h4-12H,3H2,1-2H3/b19-17?,20-16+. The third-order valence-corrected chi connectivity index (χ3v) is 5.08. The van der Waals surface area contributed by atoms with Gasteiger partial charge in [0.15, 0.2) is 5.84 Å². The zero-order chi connectivity index (χ0) is 18.3. The molecule has 132 valence electrons. The molecule has 0 fully saturated rings. The van der Waals surface area contributed by atoms with Crippen molar-refractivity contribution in [1.29, 1.82) is 0 Å². The van der Waals surface area contributed by atoms with Gasteiger partial charge in [-0.05, 0) is 37.4 Å². The summed E-state index contributed by atoms with van der Waals surface area (Å²) in [4.78, 5) is 4.33. The first-order valence-corrected chi connectivity index (χ1v) is 10.4. The average molecular weight is 397 g/mol. The number of rotatable bonds is 4. The molecule has 0 aliphatic carbocycles. The molecule has 25 heavy (non-hydrogen) atoms. The Bertz CT molecular complexity index is 865. The molecule has 0 radical (unpaired) electrons. The Morgan fingerprint density at radius 3 is 2.32 bits per heavy atom. The minimum atomic E-state index is -3.94. The van der Waals surface area contributed by atoms with Crippen LogP contribution in [0.5, 0.6) is 0 Å². The average Bonchev–Trinajstić information content (AvgIpc) is 2.61. The van der Waals surface area contributed by atoms with Crippen molar-refractivity contribution in [2.75, 3.05) is 12.9 Å². The number of halogens is 1. The molecule has 0 N–H and O–H groups in total. The number of amidine groups is 1. The molecule has 2 rings (SSSR count). The lowest BCUT2D eigenvalue weighted by Gasteiger charge is -2.07. The fourth-order valence-electron chi connectivity index (χ4n) is 1.84. The van der Waals surface area contributed by atoms with Crippen LogP contribution in [0.2, 0.25) is 5.02 Å². The van der Waals surface area contributed by atoms with Crippen LogP contribution in [0.25, 0.3) is 0 Å². The summed E-state index contributed by atoms with van der Waals surface area (Å²) < 4.78 is 34.5. The third-order valence-electron chi connectivity index (χ3n) is 2.99. The fraction of sp³-hybridized carbons (Fsp3) is 0.176. The van der Waals surface area contributed by atoms with Crippen molar-refractivity contribution in [3.05, 3.63) is 65.2 Å². The second kappa shape index (κ2) is 9.03. The summed E-state index contributed by atoms with van der Waals surface area (Å²) >= 11 is 7.09. The van der Waals surface area contributed by atoms with E-state index in [2.05, 4.69) is 9.39 Å². The van der Waals surface area contributed by atoms with Crippen molar-refractivity contribution >= 4 is 44.5 Å². The molecular weight excluding hydrogens is 380 g/mol. The molecule has 0 saturated carbocycles. The van der Waals surface area contributed by atoms with E-state index in [4.69, 9.17) is 16.3 Å². The van der Waals surface area contributed by atoms with Gasteiger partial charge in [0.05, 0.1) is 11.5 Å². The number of hydrogen-bond donors (Lipinski definition) is 0. The molecule has 0 unspecified atom stereocenters. The van der Waals surface area contributed by atoms with Crippen LogP contribution in [-0.4, -0.2) is 32.3 Å². The molecule has 0 amide bonds. The van der Waals surface area contributed by atoms with E-state index in [-0.39, 0.29) is 10.7 Å².